The molecule has 3 atom stereocenters. The van der Waals surface area contributed by atoms with Crippen molar-refractivity contribution in [2.24, 2.45) is 5.92 Å². The highest BCUT2D eigenvalue weighted by molar-refractivity contribution is 6.30. The van der Waals surface area contributed by atoms with Crippen molar-refractivity contribution in [1.82, 2.24) is 20.9 Å². The number of ether oxygens (including phenoxy) is 3. The highest BCUT2D eigenvalue weighted by Gasteiger charge is 2.31. The molecular formula is C36H43ClN4O7. The second-order valence-electron chi connectivity index (χ2n) is 12.0. The van der Waals surface area contributed by atoms with Crippen LogP contribution in [-0.2, 0) is 14.4 Å². The van der Waals surface area contributed by atoms with Crippen molar-refractivity contribution >= 4 is 35.2 Å². The third-order valence-electron chi connectivity index (χ3n) is 7.55. The van der Waals surface area contributed by atoms with E-state index in [0.29, 0.717) is 41.0 Å². The maximum absolute atomic E-state index is 13.6. The summed E-state index contributed by atoms with van der Waals surface area (Å²) in [7, 11) is 0. The topological polar surface area (TPSA) is 135 Å². The van der Waals surface area contributed by atoms with Gasteiger partial charge in [0.05, 0.1) is 24.6 Å². The lowest BCUT2D eigenvalue weighted by molar-refractivity contribution is -0.137. The lowest BCUT2D eigenvalue weighted by Crippen LogP contribution is -2.54. The maximum atomic E-state index is 13.6. The zero-order valence-corrected chi connectivity index (χ0v) is 28.4. The quantitative estimate of drug-likeness (QED) is 0.275. The Labute approximate surface area is 286 Å². The molecule has 48 heavy (non-hydrogen) atoms. The third kappa shape index (κ3) is 10.4. The predicted molar refractivity (Wildman–Crippen MR) is 183 cm³/mol. The maximum Gasteiger partial charge on any atom is 0.255 e. The largest absolute Gasteiger partial charge is 0.491 e. The van der Waals surface area contributed by atoms with Crippen LogP contribution in [-0.4, -0.2) is 73.0 Å². The first-order chi connectivity index (χ1) is 23.0. The molecule has 4 amide bonds. The van der Waals surface area contributed by atoms with E-state index in [1.54, 1.807) is 84.6 Å². The number of carbonyl (C=O) groups is 4. The molecular weight excluding hydrogens is 636 g/mol. The van der Waals surface area contributed by atoms with Gasteiger partial charge < -0.3 is 35.1 Å². The first kappa shape index (κ1) is 36.1. The highest BCUT2D eigenvalue weighted by atomic mass is 35.5. The summed E-state index contributed by atoms with van der Waals surface area (Å²) < 4.78 is 17.9. The zero-order valence-electron chi connectivity index (χ0n) is 27.7. The van der Waals surface area contributed by atoms with Crippen LogP contribution in [0.15, 0.2) is 72.8 Å². The number of nitrogens with one attached hydrogen (secondary N) is 3. The van der Waals surface area contributed by atoms with Crippen LogP contribution in [0.25, 0.3) is 0 Å². The Bertz CT molecular complexity index is 1580. The first-order valence-electron chi connectivity index (χ1n) is 16.1. The summed E-state index contributed by atoms with van der Waals surface area (Å²) in [6, 6.07) is 18.1. The summed E-state index contributed by atoms with van der Waals surface area (Å²) in [4.78, 5) is 55.6. The second kappa shape index (κ2) is 17.4. The lowest BCUT2D eigenvalue weighted by atomic mass is 10.0. The van der Waals surface area contributed by atoms with Crippen LogP contribution in [0.1, 0.15) is 50.9 Å². The number of fused-ring (bicyclic) bond motifs is 1. The van der Waals surface area contributed by atoms with Crippen molar-refractivity contribution in [1.29, 1.82) is 0 Å². The van der Waals surface area contributed by atoms with E-state index in [1.807, 2.05) is 20.8 Å². The summed E-state index contributed by atoms with van der Waals surface area (Å²) in [6.07, 6.45) is 0.0172. The van der Waals surface area contributed by atoms with Crippen molar-refractivity contribution < 1.29 is 33.4 Å². The van der Waals surface area contributed by atoms with Gasteiger partial charge in [0.15, 0.2) is 11.5 Å². The number of benzene rings is 3. The number of hydrogen-bond donors (Lipinski definition) is 3. The van der Waals surface area contributed by atoms with Crippen LogP contribution >= 0.6 is 11.6 Å². The molecule has 0 fully saturated rings. The van der Waals surface area contributed by atoms with E-state index in [2.05, 4.69) is 16.0 Å². The summed E-state index contributed by atoms with van der Waals surface area (Å²) in [6.45, 7) is 8.40. The summed E-state index contributed by atoms with van der Waals surface area (Å²) >= 11 is 6.09. The van der Waals surface area contributed by atoms with Crippen LogP contribution < -0.4 is 30.2 Å². The molecule has 0 radical (unpaired) electrons. The molecule has 1 heterocycles. The van der Waals surface area contributed by atoms with Crippen molar-refractivity contribution in [3.63, 3.8) is 0 Å². The Morgan fingerprint density at radius 3 is 2.46 bits per heavy atom. The zero-order chi connectivity index (χ0) is 34.6. The number of carbonyl (C=O) groups excluding carboxylic acids is 4. The molecule has 0 unspecified atom stereocenters. The Kier molecular flexibility index (Phi) is 13.1. The molecule has 1 aliphatic heterocycles. The number of nitrogens with zero attached hydrogens (tertiary/aromatic N) is 1. The standard InChI is InChI=1S/C36H43ClN4O7/c1-5-41-17-18-46-30-14-7-6-13-27(30)34(43)40-28(21-33(42)39-29(36(41)45)19-23(2)3)35(44)38-24(4)22-47-31-15-8-9-16-32(31)48-26-12-10-11-25(37)20-26/h6-16,20,23-24,28-29H,5,17-19,21-22H2,1-4H3,(H,38,44)(H,39,42)(H,40,43)/t24-,28+,29+/m1/s1. The molecule has 12 heteroatoms. The van der Waals surface area contributed by atoms with Crippen LogP contribution in [0.2, 0.25) is 5.02 Å². The van der Waals surface area contributed by atoms with Gasteiger partial charge in [-0.1, -0.05) is 55.8 Å². The summed E-state index contributed by atoms with van der Waals surface area (Å²) in [5.41, 5.74) is 0.201. The lowest BCUT2D eigenvalue weighted by Gasteiger charge is -2.29. The number of likely N-dealkylation sites (N-methyl/N-ethyl adjacent to an activating group) is 1. The predicted octanol–water partition coefficient (Wildman–Crippen LogP) is 4.98. The minimum absolute atomic E-state index is 0.0585. The van der Waals surface area contributed by atoms with Crippen LogP contribution in [0.4, 0.5) is 0 Å². The highest BCUT2D eigenvalue weighted by Crippen LogP contribution is 2.32. The average molecular weight is 679 g/mol. The Morgan fingerprint density at radius 2 is 1.73 bits per heavy atom. The van der Waals surface area contributed by atoms with Crippen LogP contribution in [0.5, 0.6) is 23.0 Å². The van der Waals surface area contributed by atoms with Gasteiger partial charge in [0.25, 0.3) is 5.91 Å². The van der Waals surface area contributed by atoms with Crippen molar-refractivity contribution in [2.75, 3.05) is 26.3 Å². The van der Waals surface area contributed by atoms with E-state index in [4.69, 9.17) is 25.8 Å². The van der Waals surface area contributed by atoms with Gasteiger partial charge in [0.1, 0.15) is 36.8 Å². The number of hydrogen-bond acceptors (Lipinski definition) is 7. The third-order valence-corrected chi connectivity index (χ3v) is 7.78. The van der Waals surface area contributed by atoms with Gasteiger partial charge in [-0.15, -0.1) is 0 Å². The normalized spacial score (nSPS) is 18.0. The summed E-state index contributed by atoms with van der Waals surface area (Å²) in [5, 5.41) is 8.89. The van der Waals surface area contributed by atoms with Gasteiger partial charge in [-0.3, -0.25) is 19.2 Å². The van der Waals surface area contributed by atoms with E-state index < -0.39 is 42.3 Å². The van der Waals surface area contributed by atoms with E-state index in [0.717, 1.165) is 0 Å². The molecule has 256 valence electrons. The minimum Gasteiger partial charge on any atom is -0.491 e. The molecule has 1 aliphatic rings. The van der Waals surface area contributed by atoms with E-state index >= 15 is 0 Å². The molecule has 3 aromatic carbocycles. The molecule has 0 saturated heterocycles. The Morgan fingerprint density at radius 1 is 1.00 bits per heavy atom. The second-order valence-corrected chi connectivity index (χ2v) is 12.4. The molecule has 0 bridgehead atoms. The van der Waals surface area contributed by atoms with Crippen LogP contribution in [0, 0.1) is 5.92 Å². The fourth-order valence-corrected chi connectivity index (χ4v) is 5.36. The summed E-state index contributed by atoms with van der Waals surface area (Å²) in [5.74, 6) is -0.0798. The van der Waals surface area contributed by atoms with Gasteiger partial charge in [0, 0.05) is 11.6 Å². The first-order valence-corrected chi connectivity index (χ1v) is 16.5. The minimum atomic E-state index is -1.26. The van der Waals surface area contributed by atoms with Crippen molar-refractivity contribution in [3.8, 4) is 23.0 Å². The van der Waals surface area contributed by atoms with Gasteiger partial charge in [0.2, 0.25) is 17.7 Å². The molecule has 0 saturated carbocycles. The molecule has 0 aliphatic carbocycles. The monoisotopic (exact) mass is 678 g/mol. The molecule has 4 rings (SSSR count). The van der Waals surface area contributed by atoms with Gasteiger partial charge in [-0.2, -0.15) is 0 Å². The van der Waals surface area contributed by atoms with E-state index in [9.17, 15) is 19.2 Å². The number of para-hydroxylation sites is 3. The molecule has 0 spiro atoms. The SMILES string of the molecule is CCN1CCOc2ccccc2C(=O)N[C@H](C(=O)N[C@H](C)COc2ccccc2Oc2cccc(Cl)c2)CC(=O)N[C@@H](CC(C)C)C1=O. The molecule has 0 aromatic heterocycles. The van der Waals surface area contributed by atoms with Crippen molar-refractivity contribution in [2.45, 2.75) is 58.7 Å². The number of halogens is 1. The number of amides is 4. The molecule has 11 nitrogen and oxygen atoms in total. The smallest absolute Gasteiger partial charge is 0.255 e. The number of rotatable bonds is 10. The van der Waals surface area contributed by atoms with Gasteiger partial charge in [-0.25, -0.2) is 0 Å². The fraction of sp³-hybridized carbons (Fsp3) is 0.389. The molecule has 3 N–H and O–H groups in total. The van der Waals surface area contributed by atoms with E-state index in [1.165, 1.54) is 0 Å². The molecule has 3 aromatic rings. The fourth-order valence-electron chi connectivity index (χ4n) is 5.18. The average Bonchev–Trinajstić information content (AvgIpc) is 3.05. The van der Waals surface area contributed by atoms with E-state index in [-0.39, 0.29) is 37.1 Å². The van der Waals surface area contributed by atoms with Crippen LogP contribution in [0.3, 0.4) is 0 Å². The van der Waals surface area contributed by atoms with Gasteiger partial charge >= 0.3 is 0 Å². The Balaban J connectivity index is 1.50. The van der Waals surface area contributed by atoms with Crippen molar-refractivity contribution in [3.05, 3.63) is 83.4 Å². The van der Waals surface area contributed by atoms with Gasteiger partial charge in [-0.05, 0) is 68.7 Å². The Hall–Kier alpha value is -4.77.